The summed E-state index contributed by atoms with van der Waals surface area (Å²) in [6.07, 6.45) is 12.3. The van der Waals surface area contributed by atoms with Gasteiger partial charge in [-0.05, 0) is 31.4 Å². The van der Waals surface area contributed by atoms with Crippen molar-refractivity contribution in [2.75, 3.05) is 0 Å². The molecule has 0 heteroatoms. The van der Waals surface area contributed by atoms with Gasteiger partial charge in [-0.2, -0.15) is 0 Å². The lowest BCUT2D eigenvalue weighted by Gasteiger charge is -2.17. The Morgan fingerprint density at radius 3 is 2.75 bits per heavy atom. The fraction of sp³-hybridized carbons (Fsp3) is 0.250. The van der Waals surface area contributed by atoms with E-state index in [2.05, 4.69) is 44.6 Å². The smallest absolute Gasteiger partial charge is 0.0130 e. The topological polar surface area (TPSA) is 0 Å². The third kappa shape index (κ3) is 1.29. The van der Waals surface area contributed by atoms with Crippen LogP contribution in [0.5, 0.6) is 0 Å². The number of fused-ring (bicyclic) bond motifs is 1. The van der Waals surface area contributed by atoms with E-state index in [-0.39, 0.29) is 0 Å². The summed E-state index contributed by atoms with van der Waals surface area (Å²) in [7, 11) is 0. The summed E-state index contributed by atoms with van der Waals surface area (Å²) in [5.74, 6) is 0. The van der Waals surface area contributed by atoms with Crippen LogP contribution in [0.2, 0.25) is 0 Å². The van der Waals surface area contributed by atoms with E-state index in [1.807, 2.05) is 0 Å². The lowest BCUT2D eigenvalue weighted by molar-refractivity contribution is 1.14. The predicted octanol–water partition coefficient (Wildman–Crippen LogP) is 3.35. The maximum Gasteiger partial charge on any atom is 0.0130 e. The van der Waals surface area contributed by atoms with Crippen molar-refractivity contribution in [3.05, 3.63) is 53.0 Å². The Balaban J connectivity index is 2.39. The molecule has 0 aromatic heterocycles. The fourth-order valence-electron chi connectivity index (χ4n) is 1.60. The summed E-state index contributed by atoms with van der Waals surface area (Å²) in [6, 6.07) is 0. The van der Waals surface area contributed by atoms with Crippen molar-refractivity contribution < 1.29 is 0 Å². The standard InChI is InChI=1S/C12H13/c1-9-3-5-11-6-4-10(2)8-12(11)7-9/h3,5-8H,4H2,1-2H3. The van der Waals surface area contributed by atoms with E-state index in [0.717, 1.165) is 6.42 Å². The van der Waals surface area contributed by atoms with Crippen LogP contribution in [0.25, 0.3) is 0 Å². The summed E-state index contributed by atoms with van der Waals surface area (Å²) in [5.41, 5.74) is 5.55. The lowest BCUT2D eigenvalue weighted by Crippen LogP contribution is -1.98. The quantitative estimate of drug-likeness (QED) is 0.506. The summed E-state index contributed by atoms with van der Waals surface area (Å²) < 4.78 is 0. The van der Waals surface area contributed by atoms with Crippen LogP contribution in [0.3, 0.4) is 0 Å². The van der Waals surface area contributed by atoms with Gasteiger partial charge in [0.25, 0.3) is 0 Å². The van der Waals surface area contributed by atoms with E-state index in [1.165, 1.54) is 22.3 Å². The molecule has 0 saturated carbocycles. The predicted molar refractivity (Wildman–Crippen MR) is 52.6 cm³/mol. The molecule has 0 spiro atoms. The Bertz CT molecular complexity index is 322. The van der Waals surface area contributed by atoms with Crippen LogP contribution in [0.15, 0.2) is 46.6 Å². The van der Waals surface area contributed by atoms with E-state index >= 15 is 0 Å². The first kappa shape index (κ1) is 7.60. The molecule has 0 amide bonds. The van der Waals surface area contributed by atoms with Crippen molar-refractivity contribution >= 4 is 0 Å². The van der Waals surface area contributed by atoms with E-state index in [1.54, 1.807) is 0 Å². The minimum atomic E-state index is 1.11. The molecule has 0 fully saturated rings. The van der Waals surface area contributed by atoms with Gasteiger partial charge in [0.1, 0.15) is 0 Å². The summed E-state index contributed by atoms with van der Waals surface area (Å²) in [4.78, 5) is 0. The van der Waals surface area contributed by atoms with Crippen LogP contribution in [-0.2, 0) is 0 Å². The monoisotopic (exact) mass is 157 g/mol. The zero-order valence-electron chi connectivity index (χ0n) is 7.59. The van der Waals surface area contributed by atoms with Gasteiger partial charge in [0, 0.05) is 6.42 Å². The van der Waals surface area contributed by atoms with E-state index < -0.39 is 0 Å². The second-order valence-electron chi connectivity index (χ2n) is 3.53. The van der Waals surface area contributed by atoms with Gasteiger partial charge in [-0.25, -0.2) is 0 Å². The Morgan fingerprint density at radius 2 is 1.92 bits per heavy atom. The average Bonchev–Trinajstić information content (AvgIpc) is 2.03. The number of hydrogen-bond donors (Lipinski definition) is 0. The molecule has 61 valence electrons. The van der Waals surface area contributed by atoms with Crippen molar-refractivity contribution in [3.63, 3.8) is 0 Å². The summed E-state index contributed by atoms with van der Waals surface area (Å²) >= 11 is 0. The maximum absolute atomic E-state index is 2.30. The Hall–Kier alpha value is -1.04. The first-order valence-corrected chi connectivity index (χ1v) is 4.37. The molecular weight excluding hydrogens is 144 g/mol. The lowest BCUT2D eigenvalue weighted by atomic mass is 9.88. The van der Waals surface area contributed by atoms with Crippen molar-refractivity contribution in [1.82, 2.24) is 0 Å². The zero-order chi connectivity index (χ0) is 8.55. The van der Waals surface area contributed by atoms with Crippen molar-refractivity contribution in [2.24, 2.45) is 0 Å². The molecule has 2 rings (SSSR count). The highest BCUT2D eigenvalue weighted by Crippen LogP contribution is 2.29. The van der Waals surface area contributed by atoms with Crippen molar-refractivity contribution in [2.45, 2.75) is 20.3 Å². The van der Waals surface area contributed by atoms with Crippen LogP contribution in [-0.4, -0.2) is 0 Å². The number of allylic oxidation sites excluding steroid dienone is 8. The zero-order valence-corrected chi connectivity index (χ0v) is 7.59. The minimum Gasteiger partial charge on any atom is -0.0760 e. The Kier molecular flexibility index (Phi) is 1.76. The molecule has 0 atom stereocenters. The van der Waals surface area contributed by atoms with Gasteiger partial charge in [-0.1, -0.05) is 35.5 Å². The molecule has 2 aliphatic rings. The first-order chi connectivity index (χ1) is 5.75. The van der Waals surface area contributed by atoms with E-state index in [4.69, 9.17) is 0 Å². The van der Waals surface area contributed by atoms with Crippen LogP contribution >= 0.6 is 0 Å². The molecule has 0 N–H and O–H groups in total. The third-order valence-electron chi connectivity index (χ3n) is 2.29. The molecule has 2 aliphatic carbocycles. The summed E-state index contributed by atoms with van der Waals surface area (Å²) in [5, 5.41) is 0. The van der Waals surface area contributed by atoms with Crippen LogP contribution in [0.1, 0.15) is 20.3 Å². The molecule has 12 heavy (non-hydrogen) atoms. The number of hydrogen-bond acceptors (Lipinski definition) is 0. The highest BCUT2D eigenvalue weighted by atomic mass is 14.2. The molecule has 0 nitrogen and oxygen atoms in total. The fourth-order valence-corrected chi connectivity index (χ4v) is 1.60. The second-order valence-corrected chi connectivity index (χ2v) is 3.53. The van der Waals surface area contributed by atoms with Gasteiger partial charge < -0.3 is 0 Å². The van der Waals surface area contributed by atoms with Crippen LogP contribution < -0.4 is 0 Å². The third-order valence-corrected chi connectivity index (χ3v) is 2.29. The van der Waals surface area contributed by atoms with Gasteiger partial charge in [0.05, 0.1) is 0 Å². The van der Waals surface area contributed by atoms with Gasteiger partial charge in [-0.15, -0.1) is 0 Å². The number of rotatable bonds is 0. The SMILES string of the molecule is CC1=C[CH]C2=CCC(C)=CC2=C1. The summed E-state index contributed by atoms with van der Waals surface area (Å²) in [6.45, 7) is 4.32. The van der Waals surface area contributed by atoms with Gasteiger partial charge in [-0.3, -0.25) is 0 Å². The van der Waals surface area contributed by atoms with Gasteiger partial charge >= 0.3 is 0 Å². The maximum atomic E-state index is 2.30. The van der Waals surface area contributed by atoms with Crippen LogP contribution in [0, 0.1) is 6.42 Å². The Labute approximate surface area is 74.0 Å². The normalized spacial score (nSPS) is 21.8. The molecule has 0 saturated heterocycles. The molecule has 1 radical (unpaired) electrons. The van der Waals surface area contributed by atoms with E-state index in [0.29, 0.717) is 0 Å². The van der Waals surface area contributed by atoms with Crippen molar-refractivity contribution in [1.29, 1.82) is 0 Å². The average molecular weight is 157 g/mol. The largest absolute Gasteiger partial charge is 0.0760 e. The highest BCUT2D eigenvalue weighted by molar-refractivity contribution is 5.57. The molecule has 0 aromatic carbocycles. The molecule has 0 bridgehead atoms. The molecular formula is C12H13. The second kappa shape index (κ2) is 2.78. The first-order valence-electron chi connectivity index (χ1n) is 4.37. The Morgan fingerprint density at radius 1 is 1.08 bits per heavy atom. The van der Waals surface area contributed by atoms with E-state index in [9.17, 15) is 0 Å². The minimum absolute atomic E-state index is 1.11. The van der Waals surface area contributed by atoms with Gasteiger partial charge in [0.15, 0.2) is 0 Å². The molecule has 0 aromatic rings. The van der Waals surface area contributed by atoms with Gasteiger partial charge in [0.2, 0.25) is 0 Å². The highest BCUT2D eigenvalue weighted by Gasteiger charge is 2.10. The van der Waals surface area contributed by atoms with Crippen LogP contribution in [0.4, 0.5) is 0 Å². The van der Waals surface area contributed by atoms with Crippen molar-refractivity contribution in [3.8, 4) is 0 Å². The molecule has 0 unspecified atom stereocenters. The molecule has 0 aliphatic heterocycles. The molecule has 0 heterocycles.